The molecular weight excluding hydrogens is 260 g/mol. The first-order chi connectivity index (χ1) is 10.2. The maximum Gasteiger partial charge on any atom is 0.221 e. The Morgan fingerprint density at radius 3 is 2.67 bits per heavy atom. The van der Waals surface area contributed by atoms with Gasteiger partial charge in [0.05, 0.1) is 6.42 Å². The van der Waals surface area contributed by atoms with Crippen LogP contribution >= 0.6 is 0 Å². The first-order valence-corrected chi connectivity index (χ1v) is 8.35. The lowest BCUT2D eigenvalue weighted by Gasteiger charge is -2.40. The molecule has 2 saturated carbocycles. The van der Waals surface area contributed by atoms with Crippen molar-refractivity contribution < 1.29 is 4.79 Å². The molecule has 0 aliphatic heterocycles. The van der Waals surface area contributed by atoms with Crippen LogP contribution < -0.4 is 11.1 Å². The molecule has 0 aromatic heterocycles. The molecule has 1 amide bonds. The molecule has 3 N–H and O–H groups in total. The monoisotopic (exact) mass is 286 g/mol. The summed E-state index contributed by atoms with van der Waals surface area (Å²) in [5.74, 6) is 1.62. The van der Waals surface area contributed by atoms with E-state index in [0.29, 0.717) is 12.5 Å². The summed E-state index contributed by atoms with van der Waals surface area (Å²) in [7, 11) is 0. The molecule has 1 aromatic rings. The lowest BCUT2D eigenvalue weighted by molar-refractivity contribution is -0.117. The van der Waals surface area contributed by atoms with Gasteiger partial charge >= 0.3 is 0 Å². The van der Waals surface area contributed by atoms with Crippen molar-refractivity contribution in [1.29, 1.82) is 0 Å². The first-order valence-electron chi connectivity index (χ1n) is 8.35. The number of nitrogens with two attached hydrogens (primary N) is 1. The first kappa shape index (κ1) is 14.4. The molecule has 3 unspecified atom stereocenters. The smallest absolute Gasteiger partial charge is 0.221 e. The van der Waals surface area contributed by atoms with Gasteiger partial charge in [-0.2, -0.15) is 0 Å². The maximum atomic E-state index is 11.2. The van der Waals surface area contributed by atoms with Gasteiger partial charge in [0.25, 0.3) is 0 Å². The van der Waals surface area contributed by atoms with Crippen LogP contribution in [0, 0.1) is 11.8 Å². The van der Waals surface area contributed by atoms with Gasteiger partial charge in [-0.1, -0.05) is 43.9 Å². The molecule has 21 heavy (non-hydrogen) atoms. The number of para-hydroxylation sites is 1. The third-order valence-corrected chi connectivity index (χ3v) is 5.28. The van der Waals surface area contributed by atoms with E-state index < -0.39 is 0 Å². The van der Waals surface area contributed by atoms with Crippen LogP contribution in [0.2, 0.25) is 0 Å². The van der Waals surface area contributed by atoms with Gasteiger partial charge in [0.15, 0.2) is 0 Å². The number of fused-ring (bicyclic) bond motifs is 1. The Morgan fingerprint density at radius 2 is 1.86 bits per heavy atom. The van der Waals surface area contributed by atoms with Crippen LogP contribution in [0.1, 0.15) is 50.5 Å². The van der Waals surface area contributed by atoms with Gasteiger partial charge in [-0.3, -0.25) is 4.79 Å². The van der Waals surface area contributed by atoms with Gasteiger partial charge in [0, 0.05) is 11.7 Å². The van der Waals surface area contributed by atoms with E-state index in [9.17, 15) is 4.79 Å². The normalized spacial score (nSPS) is 28.7. The highest BCUT2D eigenvalue weighted by Gasteiger charge is 2.32. The summed E-state index contributed by atoms with van der Waals surface area (Å²) >= 11 is 0. The SMILES string of the molecule is NC(=O)Cc1ccccc1NC1CCC2CCCCC2C1. The number of carbonyl (C=O) groups is 1. The zero-order valence-electron chi connectivity index (χ0n) is 12.7. The van der Waals surface area contributed by atoms with Crippen LogP contribution in [0.15, 0.2) is 24.3 Å². The minimum Gasteiger partial charge on any atom is -0.382 e. The molecule has 1 aromatic carbocycles. The van der Waals surface area contributed by atoms with Crippen molar-refractivity contribution in [1.82, 2.24) is 0 Å². The van der Waals surface area contributed by atoms with E-state index in [1.165, 1.54) is 44.9 Å². The van der Waals surface area contributed by atoms with E-state index >= 15 is 0 Å². The summed E-state index contributed by atoms with van der Waals surface area (Å²) in [6, 6.07) is 8.63. The largest absolute Gasteiger partial charge is 0.382 e. The number of hydrogen-bond donors (Lipinski definition) is 2. The van der Waals surface area contributed by atoms with Crippen molar-refractivity contribution in [2.24, 2.45) is 17.6 Å². The van der Waals surface area contributed by atoms with Crippen LogP contribution in [-0.2, 0) is 11.2 Å². The van der Waals surface area contributed by atoms with E-state index in [0.717, 1.165) is 23.1 Å². The van der Waals surface area contributed by atoms with E-state index in [2.05, 4.69) is 11.4 Å². The number of nitrogens with one attached hydrogen (secondary N) is 1. The molecule has 3 atom stereocenters. The predicted molar refractivity (Wildman–Crippen MR) is 86.1 cm³/mol. The van der Waals surface area contributed by atoms with Gasteiger partial charge in [0.1, 0.15) is 0 Å². The number of anilines is 1. The summed E-state index contributed by atoms with van der Waals surface area (Å²) in [4.78, 5) is 11.2. The number of carbonyl (C=O) groups excluding carboxylic acids is 1. The quantitative estimate of drug-likeness (QED) is 0.890. The fourth-order valence-corrected chi connectivity index (χ4v) is 4.23. The molecule has 2 aliphatic rings. The Balaban J connectivity index is 1.65. The highest BCUT2D eigenvalue weighted by atomic mass is 16.1. The third-order valence-electron chi connectivity index (χ3n) is 5.28. The van der Waals surface area contributed by atoms with Crippen LogP contribution in [0.5, 0.6) is 0 Å². The fraction of sp³-hybridized carbons (Fsp3) is 0.611. The Kier molecular flexibility index (Phi) is 4.47. The van der Waals surface area contributed by atoms with Crippen molar-refractivity contribution in [3.05, 3.63) is 29.8 Å². The van der Waals surface area contributed by atoms with E-state index in [1.807, 2.05) is 18.2 Å². The van der Waals surface area contributed by atoms with Crippen molar-refractivity contribution >= 4 is 11.6 Å². The van der Waals surface area contributed by atoms with E-state index in [-0.39, 0.29) is 5.91 Å². The molecule has 0 saturated heterocycles. The number of primary amides is 1. The predicted octanol–water partition coefficient (Wildman–Crippen LogP) is 3.49. The Bertz CT molecular complexity index is 500. The minimum atomic E-state index is -0.264. The molecule has 0 heterocycles. The number of hydrogen-bond acceptors (Lipinski definition) is 2. The maximum absolute atomic E-state index is 11.2. The standard InChI is InChI=1S/C18H26N2O/c19-18(21)12-15-7-3-4-8-17(15)20-16-10-9-13-5-1-2-6-14(13)11-16/h3-4,7-8,13-14,16,20H,1-2,5-6,9-12H2,(H2,19,21). The highest BCUT2D eigenvalue weighted by molar-refractivity contribution is 5.78. The summed E-state index contributed by atoms with van der Waals surface area (Å²) in [6.07, 6.45) is 9.91. The van der Waals surface area contributed by atoms with Crippen LogP contribution in [-0.4, -0.2) is 11.9 Å². The van der Waals surface area contributed by atoms with Gasteiger partial charge in [0.2, 0.25) is 5.91 Å². The minimum absolute atomic E-state index is 0.264. The molecule has 3 rings (SSSR count). The zero-order valence-corrected chi connectivity index (χ0v) is 12.7. The van der Waals surface area contributed by atoms with Crippen LogP contribution in [0.25, 0.3) is 0 Å². The summed E-state index contributed by atoms with van der Waals surface area (Å²) in [6.45, 7) is 0. The lowest BCUT2D eigenvalue weighted by Crippen LogP contribution is -2.34. The molecular formula is C18H26N2O. The van der Waals surface area contributed by atoms with Gasteiger partial charge in [-0.15, -0.1) is 0 Å². The molecule has 2 fully saturated rings. The topological polar surface area (TPSA) is 55.1 Å². The van der Waals surface area contributed by atoms with Gasteiger partial charge < -0.3 is 11.1 Å². The molecule has 114 valence electrons. The third kappa shape index (κ3) is 3.58. The molecule has 3 nitrogen and oxygen atoms in total. The van der Waals surface area contributed by atoms with Crippen LogP contribution in [0.3, 0.4) is 0 Å². The Hall–Kier alpha value is -1.51. The lowest BCUT2D eigenvalue weighted by atomic mass is 9.69. The zero-order chi connectivity index (χ0) is 14.7. The molecule has 2 aliphatic carbocycles. The van der Waals surface area contributed by atoms with Crippen LogP contribution in [0.4, 0.5) is 5.69 Å². The second kappa shape index (κ2) is 6.50. The van der Waals surface area contributed by atoms with Crippen molar-refractivity contribution in [2.75, 3.05) is 5.32 Å². The molecule has 0 radical (unpaired) electrons. The molecule has 0 bridgehead atoms. The Labute approximate surface area is 127 Å². The van der Waals surface area contributed by atoms with Crippen molar-refractivity contribution in [3.63, 3.8) is 0 Å². The molecule has 3 heteroatoms. The second-order valence-corrected chi connectivity index (χ2v) is 6.76. The number of benzene rings is 1. The van der Waals surface area contributed by atoms with Gasteiger partial charge in [-0.25, -0.2) is 0 Å². The average Bonchev–Trinajstić information content (AvgIpc) is 2.49. The summed E-state index contributed by atoms with van der Waals surface area (Å²) in [5, 5.41) is 3.68. The summed E-state index contributed by atoms with van der Waals surface area (Å²) < 4.78 is 0. The number of amides is 1. The summed E-state index contributed by atoms with van der Waals surface area (Å²) in [5.41, 5.74) is 7.46. The second-order valence-electron chi connectivity index (χ2n) is 6.76. The average molecular weight is 286 g/mol. The van der Waals surface area contributed by atoms with Crippen molar-refractivity contribution in [2.45, 2.75) is 57.4 Å². The fourth-order valence-electron chi connectivity index (χ4n) is 4.23. The van der Waals surface area contributed by atoms with Gasteiger partial charge in [-0.05, 0) is 42.7 Å². The van der Waals surface area contributed by atoms with E-state index in [4.69, 9.17) is 5.73 Å². The molecule has 0 spiro atoms. The Morgan fingerprint density at radius 1 is 1.10 bits per heavy atom. The van der Waals surface area contributed by atoms with E-state index in [1.54, 1.807) is 0 Å². The highest BCUT2D eigenvalue weighted by Crippen LogP contribution is 2.41. The van der Waals surface area contributed by atoms with Crippen molar-refractivity contribution in [3.8, 4) is 0 Å². The number of rotatable bonds is 4.